The minimum Gasteiger partial charge on any atom is -0.494 e. The molecule has 7 heteroatoms. The summed E-state index contributed by atoms with van der Waals surface area (Å²) in [4.78, 5) is 14.9. The number of carbonyl (C=O) groups is 1. The molecule has 2 fully saturated rings. The van der Waals surface area contributed by atoms with Gasteiger partial charge in [-0.3, -0.25) is 9.69 Å². The molecule has 2 aliphatic rings. The van der Waals surface area contributed by atoms with Crippen LogP contribution in [-0.2, 0) is 16.9 Å². The van der Waals surface area contributed by atoms with Gasteiger partial charge in [0.25, 0.3) is 5.91 Å². The molecule has 0 aliphatic carbocycles. The van der Waals surface area contributed by atoms with Crippen LogP contribution in [0.5, 0.6) is 5.75 Å². The second-order valence-electron chi connectivity index (χ2n) is 9.56. The van der Waals surface area contributed by atoms with Crippen molar-refractivity contribution in [2.75, 3.05) is 32.8 Å². The highest BCUT2D eigenvalue weighted by Gasteiger charge is 2.34. The van der Waals surface area contributed by atoms with Crippen LogP contribution in [-0.4, -0.2) is 54.9 Å². The van der Waals surface area contributed by atoms with E-state index in [1.807, 2.05) is 43.3 Å². The fraction of sp³-hybridized carbons (Fsp3) is 0.464. The van der Waals surface area contributed by atoms with E-state index in [-0.39, 0.29) is 17.8 Å². The number of hydrogen-bond donors (Lipinski definition) is 2. The van der Waals surface area contributed by atoms with Crippen molar-refractivity contribution >= 4 is 16.9 Å². The van der Waals surface area contributed by atoms with Crippen molar-refractivity contribution in [1.29, 1.82) is 0 Å². The number of rotatable bonds is 8. The number of hydrogen-bond acceptors (Lipinski definition) is 6. The number of fused-ring (bicyclic) bond motifs is 1. The zero-order valence-electron chi connectivity index (χ0n) is 20.3. The molecule has 1 amide bonds. The summed E-state index contributed by atoms with van der Waals surface area (Å²) in [5, 5.41) is 15.2. The third-order valence-corrected chi connectivity index (χ3v) is 7.14. The molecule has 0 radical (unpaired) electrons. The van der Waals surface area contributed by atoms with Gasteiger partial charge in [0.15, 0.2) is 5.76 Å². The van der Waals surface area contributed by atoms with Crippen molar-refractivity contribution in [3.63, 3.8) is 0 Å². The lowest BCUT2D eigenvalue weighted by Crippen LogP contribution is -2.42. The van der Waals surface area contributed by atoms with Gasteiger partial charge in [0, 0.05) is 43.7 Å². The monoisotopic (exact) mass is 478 g/mol. The molecule has 35 heavy (non-hydrogen) atoms. The SMILES string of the molecule is CCOc1ccccc1CN1CCC(O)(c2ccc3oc(C(=O)NCC4CCCO4)cc3c2)CC1. The van der Waals surface area contributed by atoms with Crippen LogP contribution < -0.4 is 10.1 Å². The summed E-state index contributed by atoms with van der Waals surface area (Å²) >= 11 is 0. The molecule has 0 saturated carbocycles. The topological polar surface area (TPSA) is 84.2 Å². The first-order valence-corrected chi connectivity index (χ1v) is 12.6. The number of nitrogens with one attached hydrogen (secondary N) is 1. The molecule has 0 spiro atoms. The molecule has 2 aliphatic heterocycles. The van der Waals surface area contributed by atoms with E-state index in [9.17, 15) is 9.90 Å². The Balaban J connectivity index is 1.22. The molecule has 5 rings (SSSR count). The summed E-state index contributed by atoms with van der Waals surface area (Å²) in [6, 6.07) is 15.6. The highest BCUT2D eigenvalue weighted by Crippen LogP contribution is 2.36. The number of ether oxygens (including phenoxy) is 2. The summed E-state index contributed by atoms with van der Waals surface area (Å²) in [6.07, 6.45) is 3.38. The van der Waals surface area contributed by atoms with E-state index in [1.54, 1.807) is 6.07 Å². The van der Waals surface area contributed by atoms with Gasteiger partial charge in [0.05, 0.1) is 18.3 Å². The molecule has 2 N–H and O–H groups in total. The Hall–Kier alpha value is -2.87. The van der Waals surface area contributed by atoms with E-state index in [2.05, 4.69) is 16.3 Å². The van der Waals surface area contributed by atoms with Gasteiger partial charge in [-0.05, 0) is 62.4 Å². The average Bonchev–Trinajstić information content (AvgIpc) is 3.55. The Bertz CT molecular complexity index is 1160. The van der Waals surface area contributed by atoms with Gasteiger partial charge in [0.2, 0.25) is 0 Å². The number of carbonyl (C=O) groups excluding carboxylic acids is 1. The Morgan fingerprint density at radius 2 is 2.03 bits per heavy atom. The third kappa shape index (κ3) is 5.37. The Morgan fingerprint density at radius 1 is 1.20 bits per heavy atom. The highest BCUT2D eigenvalue weighted by atomic mass is 16.5. The van der Waals surface area contributed by atoms with Gasteiger partial charge in [-0.1, -0.05) is 24.3 Å². The average molecular weight is 479 g/mol. The minimum atomic E-state index is -0.899. The molecule has 1 atom stereocenters. The summed E-state index contributed by atoms with van der Waals surface area (Å²) in [7, 11) is 0. The maximum Gasteiger partial charge on any atom is 0.287 e. The molecule has 2 saturated heterocycles. The number of aliphatic hydroxyl groups is 1. The number of nitrogens with zero attached hydrogens (tertiary/aromatic N) is 1. The van der Waals surface area contributed by atoms with Gasteiger partial charge in [-0.25, -0.2) is 0 Å². The number of piperidine rings is 1. The van der Waals surface area contributed by atoms with Crippen molar-refractivity contribution in [2.24, 2.45) is 0 Å². The fourth-order valence-corrected chi connectivity index (χ4v) is 5.09. The van der Waals surface area contributed by atoms with Crippen LogP contribution in [0.15, 0.2) is 52.9 Å². The lowest BCUT2D eigenvalue weighted by molar-refractivity contribution is -0.0277. The molecular formula is C28H34N2O5. The van der Waals surface area contributed by atoms with E-state index < -0.39 is 5.60 Å². The van der Waals surface area contributed by atoms with Crippen molar-refractivity contribution in [3.8, 4) is 5.75 Å². The Morgan fingerprint density at radius 3 is 2.80 bits per heavy atom. The quantitative estimate of drug-likeness (QED) is 0.504. The second-order valence-corrected chi connectivity index (χ2v) is 9.56. The number of likely N-dealkylation sites (tertiary alicyclic amines) is 1. The molecule has 1 aromatic heterocycles. The van der Waals surface area contributed by atoms with Crippen molar-refractivity contribution in [1.82, 2.24) is 10.2 Å². The first-order chi connectivity index (χ1) is 17.0. The number of benzene rings is 2. The second kappa shape index (κ2) is 10.4. The molecule has 7 nitrogen and oxygen atoms in total. The molecule has 186 valence electrons. The zero-order valence-corrected chi connectivity index (χ0v) is 20.3. The van der Waals surface area contributed by atoms with Crippen molar-refractivity contribution in [3.05, 3.63) is 65.4 Å². The summed E-state index contributed by atoms with van der Waals surface area (Å²) < 4.78 is 17.1. The third-order valence-electron chi connectivity index (χ3n) is 7.14. The van der Waals surface area contributed by atoms with E-state index in [0.717, 1.165) is 55.8 Å². The van der Waals surface area contributed by atoms with Crippen molar-refractivity contribution in [2.45, 2.75) is 50.9 Å². The van der Waals surface area contributed by atoms with Gasteiger partial charge in [-0.15, -0.1) is 0 Å². The fourth-order valence-electron chi connectivity index (χ4n) is 5.09. The zero-order chi connectivity index (χ0) is 24.3. The molecule has 1 unspecified atom stereocenters. The summed E-state index contributed by atoms with van der Waals surface area (Å²) in [5.41, 5.74) is 1.78. The van der Waals surface area contributed by atoms with Crippen LogP contribution in [0, 0.1) is 0 Å². The van der Waals surface area contributed by atoms with Gasteiger partial charge in [0.1, 0.15) is 11.3 Å². The van der Waals surface area contributed by atoms with Crippen LogP contribution >= 0.6 is 0 Å². The largest absolute Gasteiger partial charge is 0.494 e. The number of furan rings is 1. The number of amides is 1. The summed E-state index contributed by atoms with van der Waals surface area (Å²) in [6.45, 7) is 6.27. The standard InChI is InChI=1S/C28H34N2O5/c1-2-33-24-8-4-3-6-20(24)19-30-13-11-28(32,12-14-30)22-9-10-25-21(16-22)17-26(35-25)27(31)29-18-23-7-5-15-34-23/h3-4,6,8-10,16-17,23,32H,2,5,7,11-15,18-19H2,1H3,(H,29,31). The first-order valence-electron chi connectivity index (χ1n) is 12.6. The molecule has 2 aromatic carbocycles. The summed E-state index contributed by atoms with van der Waals surface area (Å²) in [5.74, 6) is 0.972. The number of para-hydroxylation sites is 1. The van der Waals surface area contributed by atoms with E-state index >= 15 is 0 Å². The Kier molecular flexibility index (Phi) is 7.09. The van der Waals surface area contributed by atoms with Crippen LogP contribution in [0.1, 0.15) is 54.3 Å². The van der Waals surface area contributed by atoms with Crippen molar-refractivity contribution < 1.29 is 23.8 Å². The Labute approximate surface area is 206 Å². The van der Waals surface area contributed by atoms with E-state index in [0.29, 0.717) is 31.6 Å². The van der Waals surface area contributed by atoms with Crippen LogP contribution in [0.25, 0.3) is 11.0 Å². The maximum atomic E-state index is 12.5. The van der Waals surface area contributed by atoms with Gasteiger partial charge in [-0.2, -0.15) is 0 Å². The van der Waals surface area contributed by atoms with Crippen LogP contribution in [0.4, 0.5) is 0 Å². The predicted octanol–water partition coefficient (Wildman–Crippen LogP) is 4.22. The smallest absolute Gasteiger partial charge is 0.287 e. The lowest BCUT2D eigenvalue weighted by Gasteiger charge is -2.38. The first kappa shape index (κ1) is 23.9. The van der Waals surface area contributed by atoms with Crippen LogP contribution in [0.2, 0.25) is 0 Å². The van der Waals surface area contributed by atoms with Crippen LogP contribution in [0.3, 0.4) is 0 Å². The maximum absolute atomic E-state index is 12.5. The van der Waals surface area contributed by atoms with E-state index in [1.165, 1.54) is 5.56 Å². The predicted molar refractivity (Wildman–Crippen MR) is 134 cm³/mol. The molecule has 3 heterocycles. The molecule has 0 bridgehead atoms. The minimum absolute atomic E-state index is 0.0858. The van der Waals surface area contributed by atoms with Gasteiger partial charge >= 0.3 is 0 Å². The van der Waals surface area contributed by atoms with E-state index in [4.69, 9.17) is 13.9 Å². The lowest BCUT2D eigenvalue weighted by atomic mass is 9.84. The van der Waals surface area contributed by atoms with Gasteiger partial charge < -0.3 is 24.3 Å². The molecular weight excluding hydrogens is 444 g/mol. The highest BCUT2D eigenvalue weighted by molar-refractivity contribution is 5.96. The molecule has 3 aromatic rings. The normalized spacial score (nSPS) is 20.2.